The molecular formula is C14H18BNO2. The minimum atomic E-state index is -0.451. The molecule has 1 amide bonds. The highest BCUT2D eigenvalue weighted by Crippen LogP contribution is 2.19. The van der Waals surface area contributed by atoms with Crippen molar-refractivity contribution in [3.63, 3.8) is 0 Å². The molecule has 1 aromatic carbocycles. The summed E-state index contributed by atoms with van der Waals surface area (Å²) in [6, 6.07) is 5.84. The third-order valence-electron chi connectivity index (χ3n) is 2.95. The predicted octanol–water partition coefficient (Wildman–Crippen LogP) is 1.77. The molecule has 0 N–H and O–H groups in total. The van der Waals surface area contributed by atoms with E-state index in [1.54, 1.807) is 4.90 Å². The van der Waals surface area contributed by atoms with Crippen molar-refractivity contribution in [2.24, 2.45) is 0 Å². The summed E-state index contributed by atoms with van der Waals surface area (Å²) in [5.41, 5.74) is 2.65. The summed E-state index contributed by atoms with van der Waals surface area (Å²) >= 11 is 0. The smallest absolute Gasteiger partial charge is 0.410 e. The number of hydrogen-bond donors (Lipinski definition) is 0. The Balaban J connectivity index is 2.11. The van der Waals surface area contributed by atoms with Gasteiger partial charge in [0.05, 0.1) is 0 Å². The first-order valence-corrected chi connectivity index (χ1v) is 6.21. The molecule has 1 aromatic rings. The number of carbonyl (C=O) groups excluding carboxylic acids is 1. The van der Waals surface area contributed by atoms with Gasteiger partial charge >= 0.3 is 6.09 Å². The fraction of sp³-hybridized carbons (Fsp3) is 0.500. The minimum absolute atomic E-state index is 0.254. The van der Waals surface area contributed by atoms with E-state index in [0.29, 0.717) is 13.1 Å². The number of fused-ring (bicyclic) bond motifs is 1. The summed E-state index contributed by atoms with van der Waals surface area (Å²) in [6.45, 7) is 6.87. The SMILES string of the molecule is [B]c1cccc2c1CCN(C(=O)OC(C)(C)C)C2. The molecule has 2 radical (unpaired) electrons. The van der Waals surface area contributed by atoms with E-state index in [2.05, 4.69) is 0 Å². The molecule has 0 aliphatic carbocycles. The molecule has 1 heterocycles. The third kappa shape index (κ3) is 2.86. The fourth-order valence-corrected chi connectivity index (χ4v) is 2.12. The second-order valence-electron chi connectivity index (χ2n) is 5.64. The van der Waals surface area contributed by atoms with Crippen LogP contribution in [0.15, 0.2) is 18.2 Å². The van der Waals surface area contributed by atoms with Crippen LogP contribution in [0, 0.1) is 0 Å². The lowest BCUT2D eigenvalue weighted by Gasteiger charge is -2.31. The fourth-order valence-electron chi connectivity index (χ4n) is 2.12. The lowest BCUT2D eigenvalue weighted by Crippen LogP contribution is -2.41. The van der Waals surface area contributed by atoms with E-state index >= 15 is 0 Å². The van der Waals surface area contributed by atoms with Gasteiger partial charge in [0.15, 0.2) is 0 Å². The van der Waals surface area contributed by atoms with E-state index in [4.69, 9.17) is 12.6 Å². The molecule has 4 heteroatoms. The van der Waals surface area contributed by atoms with Gasteiger partial charge in [0, 0.05) is 13.1 Å². The number of hydrogen-bond acceptors (Lipinski definition) is 2. The quantitative estimate of drug-likeness (QED) is 0.650. The summed E-state index contributed by atoms with van der Waals surface area (Å²) in [6.07, 6.45) is 0.539. The van der Waals surface area contributed by atoms with Crippen LogP contribution in [0.1, 0.15) is 31.9 Å². The standard InChI is InChI=1S/C14H18BNO2/c1-14(2,3)18-13(17)16-8-7-11-10(9-16)5-4-6-12(11)15/h4-6H,7-9H2,1-3H3. The van der Waals surface area contributed by atoms with Crippen LogP contribution < -0.4 is 5.46 Å². The number of nitrogens with zero attached hydrogens (tertiary/aromatic N) is 1. The van der Waals surface area contributed by atoms with E-state index in [9.17, 15) is 4.79 Å². The maximum Gasteiger partial charge on any atom is 0.410 e. The first-order valence-electron chi connectivity index (χ1n) is 6.21. The molecule has 0 spiro atoms. The van der Waals surface area contributed by atoms with Crippen LogP contribution in [-0.2, 0) is 17.7 Å². The number of benzene rings is 1. The number of amides is 1. The molecule has 0 atom stereocenters. The van der Waals surface area contributed by atoms with Gasteiger partial charge in [0.2, 0.25) is 0 Å². The lowest BCUT2D eigenvalue weighted by atomic mass is 9.84. The van der Waals surface area contributed by atoms with Gasteiger partial charge in [-0.3, -0.25) is 0 Å². The second kappa shape index (κ2) is 4.67. The van der Waals surface area contributed by atoms with E-state index in [1.165, 1.54) is 0 Å². The molecule has 1 aliphatic heterocycles. The molecule has 2 rings (SSSR count). The summed E-state index contributed by atoms with van der Waals surface area (Å²) in [5.74, 6) is 0. The van der Waals surface area contributed by atoms with Crippen LogP contribution in [0.25, 0.3) is 0 Å². The Morgan fingerprint density at radius 3 is 2.78 bits per heavy atom. The Morgan fingerprint density at radius 1 is 1.39 bits per heavy atom. The average Bonchev–Trinajstić information content (AvgIpc) is 2.26. The van der Waals surface area contributed by atoms with Crippen LogP contribution in [0.5, 0.6) is 0 Å². The highest BCUT2D eigenvalue weighted by atomic mass is 16.6. The topological polar surface area (TPSA) is 29.5 Å². The molecule has 18 heavy (non-hydrogen) atoms. The molecule has 1 aliphatic rings. The molecular weight excluding hydrogens is 225 g/mol. The summed E-state index contributed by atoms with van der Waals surface area (Å²) in [4.78, 5) is 13.7. The molecule has 3 nitrogen and oxygen atoms in total. The van der Waals surface area contributed by atoms with Crippen molar-refractivity contribution in [2.75, 3.05) is 6.54 Å². The lowest BCUT2D eigenvalue weighted by molar-refractivity contribution is 0.0224. The summed E-state index contributed by atoms with van der Waals surface area (Å²) in [7, 11) is 5.93. The first-order chi connectivity index (χ1) is 8.37. The molecule has 0 unspecified atom stereocenters. The third-order valence-corrected chi connectivity index (χ3v) is 2.95. The molecule has 0 fully saturated rings. The van der Waals surface area contributed by atoms with Gasteiger partial charge in [-0.25, -0.2) is 4.79 Å². The van der Waals surface area contributed by atoms with Gasteiger partial charge in [-0.05, 0) is 38.3 Å². The normalized spacial score (nSPS) is 15.2. The summed E-state index contributed by atoms with van der Waals surface area (Å²) in [5, 5.41) is 0. The summed E-state index contributed by atoms with van der Waals surface area (Å²) < 4.78 is 5.38. The number of carbonyl (C=O) groups is 1. The van der Waals surface area contributed by atoms with Crippen LogP contribution in [0.3, 0.4) is 0 Å². The monoisotopic (exact) mass is 243 g/mol. The van der Waals surface area contributed by atoms with Crippen molar-refractivity contribution in [1.82, 2.24) is 4.90 Å². The van der Waals surface area contributed by atoms with Gasteiger partial charge < -0.3 is 9.64 Å². The molecule has 0 aromatic heterocycles. The molecule has 0 saturated heterocycles. The Kier molecular flexibility index (Phi) is 3.37. The van der Waals surface area contributed by atoms with Crippen molar-refractivity contribution < 1.29 is 9.53 Å². The predicted molar refractivity (Wildman–Crippen MR) is 72.2 cm³/mol. The van der Waals surface area contributed by atoms with E-state index in [-0.39, 0.29) is 6.09 Å². The Labute approximate surface area is 110 Å². The van der Waals surface area contributed by atoms with E-state index < -0.39 is 5.60 Å². The highest BCUT2D eigenvalue weighted by molar-refractivity contribution is 6.33. The maximum atomic E-state index is 12.0. The van der Waals surface area contributed by atoms with Crippen molar-refractivity contribution in [3.8, 4) is 0 Å². The van der Waals surface area contributed by atoms with Gasteiger partial charge in [-0.15, -0.1) is 0 Å². The largest absolute Gasteiger partial charge is 0.444 e. The van der Waals surface area contributed by atoms with Crippen molar-refractivity contribution in [2.45, 2.75) is 39.3 Å². The zero-order valence-electron chi connectivity index (χ0n) is 11.2. The van der Waals surface area contributed by atoms with Crippen molar-refractivity contribution in [1.29, 1.82) is 0 Å². The van der Waals surface area contributed by atoms with Gasteiger partial charge in [0.25, 0.3) is 0 Å². The average molecular weight is 243 g/mol. The van der Waals surface area contributed by atoms with Crippen LogP contribution in [-0.4, -0.2) is 31.0 Å². The van der Waals surface area contributed by atoms with Crippen molar-refractivity contribution in [3.05, 3.63) is 29.3 Å². The minimum Gasteiger partial charge on any atom is -0.444 e. The van der Waals surface area contributed by atoms with Crippen LogP contribution in [0.4, 0.5) is 4.79 Å². The van der Waals surface area contributed by atoms with Crippen LogP contribution in [0.2, 0.25) is 0 Å². The number of ether oxygens (including phenoxy) is 1. The van der Waals surface area contributed by atoms with Crippen molar-refractivity contribution >= 4 is 19.4 Å². The zero-order chi connectivity index (χ0) is 13.3. The van der Waals surface area contributed by atoms with Gasteiger partial charge in [0.1, 0.15) is 13.4 Å². The Hall–Kier alpha value is -1.45. The number of rotatable bonds is 0. The Morgan fingerprint density at radius 2 is 2.11 bits per heavy atom. The maximum absolute atomic E-state index is 12.0. The van der Waals surface area contributed by atoms with Crippen LogP contribution >= 0.6 is 0 Å². The molecule has 0 saturated carbocycles. The molecule has 94 valence electrons. The second-order valence-corrected chi connectivity index (χ2v) is 5.64. The van der Waals surface area contributed by atoms with E-state index in [0.717, 1.165) is 23.0 Å². The zero-order valence-corrected chi connectivity index (χ0v) is 11.2. The Bertz CT molecular complexity index is 465. The highest BCUT2D eigenvalue weighted by Gasteiger charge is 2.25. The van der Waals surface area contributed by atoms with E-state index in [1.807, 2.05) is 39.0 Å². The van der Waals surface area contributed by atoms with Gasteiger partial charge in [-0.1, -0.05) is 23.7 Å². The van der Waals surface area contributed by atoms with Gasteiger partial charge in [-0.2, -0.15) is 0 Å². The molecule has 0 bridgehead atoms. The first kappa shape index (κ1) is 13.0.